The van der Waals surface area contributed by atoms with Crippen molar-refractivity contribution in [3.05, 3.63) is 60.2 Å². The maximum Gasteiger partial charge on any atom is 0.311 e. The average molecular weight is 511 g/mol. The number of hydrogen-bond donors (Lipinski definition) is 1. The molecule has 2 fully saturated rings. The van der Waals surface area contributed by atoms with E-state index >= 15 is 0 Å². The van der Waals surface area contributed by atoms with Gasteiger partial charge in [-0.05, 0) is 24.8 Å². The normalized spacial score (nSPS) is 32.3. The van der Waals surface area contributed by atoms with Crippen LogP contribution in [0.15, 0.2) is 54.6 Å². The van der Waals surface area contributed by atoms with Crippen LogP contribution < -0.4 is 0 Å². The highest BCUT2D eigenvalue weighted by Gasteiger charge is 2.71. The fourth-order valence-corrected chi connectivity index (χ4v) is 8.16. The molecular weight excluding hydrogens is 476 g/mol. The van der Waals surface area contributed by atoms with Gasteiger partial charge in [-0.3, -0.25) is 14.4 Å². The maximum atomic E-state index is 14.3. The first-order valence-electron chi connectivity index (χ1n) is 13.0. The summed E-state index contributed by atoms with van der Waals surface area (Å²) in [5, 5.41) is 10.3. The number of carbonyl (C=O) groups is 3. The van der Waals surface area contributed by atoms with E-state index < -0.39 is 28.7 Å². The van der Waals surface area contributed by atoms with Crippen molar-refractivity contribution in [2.75, 3.05) is 26.3 Å². The van der Waals surface area contributed by atoms with Crippen LogP contribution in [0.2, 0.25) is 0 Å². The Labute approximate surface area is 216 Å². The predicted octanol–water partition coefficient (Wildman–Crippen LogP) is 2.59. The third-order valence-electron chi connectivity index (χ3n) is 7.84. The molecule has 2 amide bonds. The minimum absolute atomic E-state index is 0.102. The monoisotopic (exact) mass is 510 g/mol. The molecule has 0 aromatic heterocycles. The van der Waals surface area contributed by atoms with Crippen molar-refractivity contribution in [3.63, 3.8) is 0 Å². The van der Waals surface area contributed by atoms with Crippen molar-refractivity contribution in [2.45, 2.75) is 54.7 Å². The molecule has 1 N–H and O–H groups in total. The lowest BCUT2D eigenvalue weighted by molar-refractivity contribution is -0.153. The minimum atomic E-state index is -0.887. The van der Waals surface area contributed by atoms with E-state index in [4.69, 9.17) is 4.74 Å². The lowest BCUT2D eigenvalue weighted by Gasteiger charge is -2.38. The van der Waals surface area contributed by atoms with Gasteiger partial charge in [-0.15, -0.1) is 11.8 Å². The summed E-state index contributed by atoms with van der Waals surface area (Å²) in [5.41, 5.74) is 0.980. The molecule has 0 saturated carbocycles. The van der Waals surface area contributed by atoms with Crippen LogP contribution in [-0.2, 0) is 25.5 Å². The Morgan fingerprint density at radius 3 is 2.72 bits per heavy atom. The van der Waals surface area contributed by atoms with Gasteiger partial charge in [0.2, 0.25) is 11.8 Å². The van der Waals surface area contributed by atoms with Gasteiger partial charge in [-0.1, -0.05) is 68.0 Å². The molecule has 1 aromatic carbocycles. The molecule has 0 radical (unpaired) electrons. The summed E-state index contributed by atoms with van der Waals surface area (Å²) in [6.07, 6.45) is 10.9. The molecule has 1 unspecified atom stereocenters. The SMILES string of the molecule is CCCCN1CC=C[C@]23S[C@@H]4C=CCCOC(=O)[C@@H]4[C@H]2C(=O)N([C@@H](CO)Cc2ccccc2)C3C1=O. The number of nitrogens with zero attached hydrogens (tertiary/aromatic N) is 2. The van der Waals surface area contributed by atoms with Crippen LogP contribution in [0.4, 0.5) is 0 Å². The van der Waals surface area contributed by atoms with Crippen LogP contribution in [0.5, 0.6) is 0 Å². The molecule has 1 spiro atoms. The van der Waals surface area contributed by atoms with Gasteiger partial charge >= 0.3 is 5.97 Å². The smallest absolute Gasteiger partial charge is 0.311 e. The van der Waals surface area contributed by atoms with Crippen LogP contribution >= 0.6 is 11.8 Å². The summed E-state index contributed by atoms with van der Waals surface area (Å²) in [5.74, 6) is -2.10. The summed E-state index contributed by atoms with van der Waals surface area (Å²) in [6.45, 7) is 3.20. The minimum Gasteiger partial charge on any atom is -0.465 e. The van der Waals surface area contributed by atoms with E-state index in [0.717, 1.165) is 18.4 Å². The van der Waals surface area contributed by atoms with Crippen molar-refractivity contribution >= 4 is 29.5 Å². The second kappa shape index (κ2) is 10.4. The summed E-state index contributed by atoms with van der Waals surface area (Å²) in [7, 11) is 0. The van der Waals surface area contributed by atoms with Crippen LogP contribution in [0, 0.1) is 11.8 Å². The maximum absolute atomic E-state index is 14.3. The van der Waals surface area contributed by atoms with Crippen LogP contribution in [0.3, 0.4) is 0 Å². The van der Waals surface area contributed by atoms with E-state index in [-0.39, 0.29) is 36.2 Å². The molecule has 6 atom stereocenters. The first-order valence-corrected chi connectivity index (χ1v) is 13.8. The van der Waals surface area contributed by atoms with Crippen molar-refractivity contribution in [1.82, 2.24) is 9.80 Å². The van der Waals surface area contributed by atoms with Gasteiger partial charge in [-0.25, -0.2) is 0 Å². The Balaban J connectivity index is 1.59. The third kappa shape index (κ3) is 4.18. The Hall–Kier alpha value is -2.58. The Bertz CT molecular complexity index is 1060. The number of fused-ring (bicyclic) bond motifs is 2. The van der Waals surface area contributed by atoms with Crippen molar-refractivity contribution < 1.29 is 24.2 Å². The molecule has 1 aromatic rings. The number of likely N-dealkylation sites (tertiary alicyclic amines) is 1. The fourth-order valence-electron chi connectivity index (χ4n) is 6.17. The molecule has 4 aliphatic heterocycles. The molecule has 4 aliphatic rings. The number of rotatable bonds is 7. The zero-order valence-corrected chi connectivity index (χ0v) is 21.4. The first-order chi connectivity index (χ1) is 17.5. The topological polar surface area (TPSA) is 87.2 Å². The molecule has 0 bridgehead atoms. The highest BCUT2D eigenvalue weighted by molar-refractivity contribution is 8.02. The Morgan fingerprint density at radius 1 is 1.17 bits per heavy atom. The molecule has 192 valence electrons. The molecular formula is C28H34N2O5S. The number of amides is 2. The van der Waals surface area contributed by atoms with Gasteiger partial charge in [0, 0.05) is 18.3 Å². The zero-order chi connectivity index (χ0) is 25.3. The summed E-state index contributed by atoms with van der Waals surface area (Å²) >= 11 is 1.54. The van der Waals surface area contributed by atoms with Gasteiger partial charge in [0.05, 0.1) is 35.8 Å². The van der Waals surface area contributed by atoms with Crippen LogP contribution in [-0.4, -0.2) is 81.1 Å². The van der Waals surface area contributed by atoms with E-state index in [0.29, 0.717) is 25.9 Å². The fraction of sp³-hybridized carbons (Fsp3) is 0.536. The number of ether oxygens (including phenoxy) is 1. The van der Waals surface area contributed by atoms with Gasteiger partial charge in [0.15, 0.2) is 0 Å². The Morgan fingerprint density at radius 2 is 1.97 bits per heavy atom. The average Bonchev–Trinajstić information content (AvgIpc) is 3.26. The number of aliphatic hydroxyl groups is 1. The molecule has 4 heterocycles. The second-order valence-corrected chi connectivity index (χ2v) is 11.5. The lowest BCUT2D eigenvalue weighted by Crippen LogP contribution is -2.57. The number of unbranched alkanes of at least 4 members (excludes halogenated alkanes) is 1. The van der Waals surface area contributed by atoms with Gasteiger partial charge in [0.25, 0.3) is 0 Å². The van der Waals surface area contributed by atoms with Crippen LogP contribution in [0.25, 0.3) is 0 Å². The van der Waals surface area contributed by atoms with Crippen molar-refractivity contribution in [1.29, 1.82) is 0 Å². The highest BCUT2D eigenvalue weighted by atomic mass is 32.2. The van der Waals surface area contributed by atoms with Gasteiger partial charge < -0.3 is 19.6 Å². The molecule has 8 heteroatoms. The van der Waals surface area contributed by atoms with E-state index in [2.05, 4.69) is 6.92 Å². The number of carbonyl (C=O) groups excluding carboxylic acids is 3. The molecule has 2 saturated heterocycles. The summed E-state index contributed by atoms with van der Waals surface area (Å²) in [6, 6.07) is 8.34. The van der Waals surface area contributed by atoms with E-state index in [1.54, 1.807) is 16.7 Å². The summed E-state index contributed by atoms with van der Waals surface area (Å²) < 4.78 is 4.65. The molecule has 0 aliphatic carbocycles. The van der Waals surface area contributed by atoms with Gasteiger partial charge in [0.1, 0.15) is 6.04 Å². The quantitative estimate of drug-likeness (QED) is 0.448. The van der Waals surface area contributed by atoms with Crippen molar-refractivity contribution in [2.24, 2.45) is 11.8 Å². The molecule has 36 heavy (non-hydrogen) atoms. The zero-order valence-electron chi connectivity index (χ0n) is 20.6. The first kappa shape index (κ1) is 25.1. The molecule has 7 nitrogen and oxygen atoms in total. The summed E-state index contributed by atoms with van der Waals surface area (Å²) in [4.78, 5) is 45.1. The van der Waals surface area contributed by atoms with Crippen molar-refractivity contribution in [3.8, 4) is 0 Å². The second-order valence-electron chi connectivity index (χ2n) is 10.0. The van der Waals surface area contributed by atoms with Gasteiger partial charge in [-0.2, -0.15) is 0 Å². The van der Waals surface area contributed by atoms with Crippen LogP contribution in [0.1, 0.15) is 31.7 Å². The number of hydrogen-bond acceptors (Lipinski definition) is 6. The predicted molar refractivity (Wildman–Crippen MR) is 138 cm³/mol. The van der Waals surface area contributed by atoms with E-state index in [1.807, 2.05) is 59.5 Å². The van der Waals surface area contributed by atoms with E-state index in [1.165, 1.54) is 0 Å². The molecule has 5 rings (SSSR count). The number of cyclic esters (lactones) is 1. The highest BCUT2D eigenvalue weighted by Crippen LogP contribution is 2.61. The Kier molecular flexibility index (Phi) is 7.26. The number of thioether (sulfide) groups is 1. The standard InChI is InChI=1S/C28H34N2O5S/c1-2-3-14-29-15-9-13-28-23(22-21(36-28)12-7-8-16-35-27(22)34)25(32)30(24(28)26(29)33)20(18-31)17-19-10-5-4-6-11-19/h4-7,9-13,20-24,31H,2-3,8,14-18H2,1H3/t20-,21-,22+,23+,24?,28+/m1/s1. The van der Waals surface area contributed by atoms with E-state index in [9.17, 15) is 19.5 Å². The lowest BCUT2D eigenvalue weighted by atomic mass is 9.78. The third-order valence-corrected chi connectivity index (χ3v) is 9.59. The number of esters is 1. The largest absolute Gasteiger partial charge is 0.465 e. The number of aliphatic hydroxyl groups excluding tert-OH is 1. The number of benzene rings is 1.